The lowest BCUT2D eigenvalue weighted by Gasteiger charge is -2.36. The number of aromatic nitrogens is 1. The number of carbonyl (C=O) groups is 1. The van der Waals surface area contributed by atoms with Crippen LogP contribution in [0, 0.1) is 0 Å². The maximum absolute atomic E-state index is 12.7. The normalized spacial score (nSPS) is 15.6. The Morgan fingerprint density at radius 3 is 2.48 bits per heavy atom. The summed E-state index contributed by atoms with van der Waals surface area (Å²) in [4.78, 5) is 21.2. The third kappa shape index (κ3) is 3.72. The minimum Gasteiger partial charge on any atom is -0.353 e. The summed E-state index contributed by atoms with van der Waals surface area (Å²) in [5.74, 6) is 0.974. The summed E-state index contributed by atoms with van der Waals surface area (Å²) in [6.45, 7) is 5.04. The molecule has 5 heteroatoms. The summed E-state index contributed by atoms with van der Waals surface area (Å²) < 4.78 is 0. The number of carbonyl (C=O) groups excluding carboxylic acids is 1. The Morgan fingerprint density at radius 1 is 0.963 bits per heavy atom. The van der Waals surface area contributed by atoms with Gasteiger partial charge in [-0.2, -0.15) is 0 Å². The fourth-order valence-electron chi connectivity index (χ4n) is 3.66. The molecule has 2 aromatic carbocycles. The van der Waals surface area contributed by atoms with Gasteiger partial charge >= 0.3 is 6.03 Å². The van der Waals surface area contributed by atoms with Crippen LogP contribution in [0.4, 0.5) is 10.6 Å². The van der Waals surface area contributed by atoms with Gasteiger partial charge in [0.15, 0.2) is 0 Å². The van der Waals surface area contributed by atoms with Crippen LogP contribution < -0.4 is 10.2 Å². The summed E-state index contributed by atoms with van der Waals surface area (Å²) in [7, 11) is 0. The highest BCUT2D eigenvalue weighted by atomic mass is 16.2. The zero-order chi connectivity index (χ0) is 18.6. The molecule has 2 heterocycles. The van der Waals surface area contributed by atoms with Crippen LogP contribution in [0.25, 0.3) is 10.8 Å². The number of nitrogens with one attached hydrogen (secondary N) is 1. The van der Waals surface area contributed by atoms with Gasteiger partial charge in [-0.25, -0.2) is 9.78 Å². The molecule has 1 N–H and O–H groups in total. The fraction of sp³-hybridized carbons (Fsp3) is 0.273. The first-order valence-corrected chi connectivity index (χ1v) is 9.41. The number of amides is 2. The lowest BCUT2D eigenvalue weighted by molar-refractivity contribution is 0.191. The average Bonchev–Trinajstić information content (AvgIpc) is 2.74. The summed E-state index contributed by atoms with van der Waals surface area (Å²) >= 11 is 0. The van der Waals surface area contributed by atoms with E-state index in [0.717, 1.165) is 24.5 Å². The molecule has 138 valence electrons. The van der Waals surface area contributed by atoms with Crippen molar-refractivity contribution in [3.05, 3.63) is 72.4 Å². The van der Waals surface area contributed by atoms with Crippen LogP contribution in [0.1, 0.15) is 18.5 Å². The van der Waals surface area contributed by atoms with Crippen LogP contribution >= 0.6 is 0 Å². The molecular formula is C22H24N4O. The first-order valence-electron chi connectivity index (χ1n) is 9.41. The second kappa shape index (κ2) is 7.66. The lowest BCUT2D eigenvalue weighted by atomic mass is 10.00. The molecule has 27 heavy (non-hydrogen) atoms. The Balaban J connectivity index is 1.39. The fourth-order valence-corrected chi connectivity index (χ4v) is 3.66. The molecular weight excluding hydrogens is 336 g/mol. The summed E-state index contributed by atoms with van der Waals surface area (Å²) in [5.41, 5.74) is 1.15. The monoisotopic (exact) mass is 360 g/mol. The smallest absolute Gasteiger partial charge is 0.317 e. The molecule has 5 nitrogen and oxygen atoms in total. The highest BCUT2D eigenvalue weighted by molar-refractivity contribution is 5.86. The molecule has 1 unspecified atom stereocenters. The van der Waals surface area contributed by atoms with Crippen molar-refractivity contribution in [2.75, 3.05) is 31.1 Å². The first-order chi connectivity index (χ1) is 13.2. The molecule has 2 amide bonds. The second-order valence-corrected chi connectivity index (χ2v) is 6.90. The number of pyridine rings is 1. The van der Waals surface area contributed by atoms with Gasteiger partial charge in [-0.3, -0.25) is 0 Å². The van der Waals surface area contributed by atoms with E-state index in [-0.39, 0.29) is 12.1 Å². The van der Waals surface area contributed by atoms with Gasteiger partial charge in [0.05, 0.1) is 6.04 Å². The standard InChI is InChI=1S/C22H24N4O/c1-17(19-10-6-8-18-7-2-3-9-20(18)19)24-22(27)26-15-13-25(14-16-26)21-11-4-5-12-23-21/h2-12,17H,13-16H2,1H3,(H,24,27). The summed E-state index contributed by atoms with van der Waals surface area (Å²) in [5, 5.41) is 5.55. The minimum atomic E-state index is -0.0441. The Kier molecular flexibility index (Phi) is 4.92. The predicted molar refractivity (Wildman–Crippen MR) is 109 cm³/mol. The molecule has 1 aliphatic heterocycles. The Bertz CT molecular complexity index is 915. The molecule has 4 rings (SSSR count). The van der Waals surface area contributed by atoms with Crippen LogP contribution in [0.15, 0.2) is 66.9 Å². The van der Waals surface area contributed by atoms with E-state index in [1.165, 1.54) is 10.8 Å². The largest absolute Gasteiger partial charge is 0.353 e. The van der Waals surface area contributed by atoms with E-state index in [0.29, 0.717) is 13.1 Å². The van der Waals surface area contributed by atoms with E-state index in [2.05, 4.69) is 39.5 Å². The Labute approximate surface area is 159 Å². The average molecular weight is 360 g/mol. The zero-order valence-electron chi connectivity index (χ0n) is 15.5. The number of hydrogen-bond donors (Lipinski definition) is 1. The van der Waals surface area contributed by atoms with Crippen molar-refractivity contribution >= 4 is 22.6 Å². The van der Waals surface area contributed by atoms with E-state index in [9.17, 15) is 4.79 Å². The number of anilines is 1. The Morgan fingerprint density at radius 2 is 1.70 bits per heavy atom. The number of piperazine rings is 1. The zero-order valence-corrected chi connectivity index (χ0v) is 15.5. The van der Waals surface area contributed by atoms with Gasteiger partial charge < -0.3 is 15.1 Å². The maximum atomic E-state index is 12.7. The van der Waals surface area contributed by atoms with Crippen LogP contribution in [-0.2, 0) is 0 Å². The first kappa shape index (κ1) is 17.3. The van der Waals surface area contributed by atoms with Gasteiger partial charge in [0.1, 0.15) is 5.82 Å². The van der Waals surface area contributed by atoms with Crippen molar-refractivity contribution in [3.63, 3.8) is 0 Å². The molecule has 0 spiro atoms. The van der Waals surface area contributed by atoms with Crippen molar-refractivity contribution < 1.29 is 4.79 Å². The SMILES string of the molecule is CC(NC(=O)N1CCN(c2ccccn2)CC1)c1cccc2ccccc12. The second-order valence-electron chi connectivity index (χ2n) is 6.90. The van der Waals surface area contributed by atoms with Crippen LogP contribution in [0.2, 0.25) is 0 Å². The molecule has 0 saturated carbocycles. The number of benzene rings is 2. The van der Waals surface area contributed by atoms with Gasteiger partial charge in [0.2, 0.25) is 0 Å². The predicted octanol–water partition coefficient (Wildman–Crippen LogP) is 3.83. The number of rotatable bonds is 3. The number of hydrogen-bond acceptors (Lipinski definition) is 3. The highest BCUT2D eigenvalue weighted by Gasteiger charge is 2.23. The quantitative estimate of drug-likeness (QED) is 0.772. The van der Waals surface area contributed by atoms with E-state index >= 15 is 0 Å². The van der Waals surface area contributed by atoms with Gasteiger partial charge in [0.25, 0.3) is 0 Å². The van der Waals surface area contributed by atoms with Gasteiger partial charge in [-0.05, 0) is 35.4 Å². The summed E-state index contributed by atoms with van der Waals surface area (Å²) in [6, 6.07) is 20.4. The molecule has 0 bridgehead atoms. The van der Waals surface area contributed by atoms with Crippen molar-refractivity contribution in [2.45, 2.75) is 13.0 Å². The molecule has 0 aliphatic carbocycles. The molecule has 3 aromatic rings. The summed E-state index contributed by atoms with van der Waals surface area (Å²) in [6.07, 6.45) is 1.81. The van der Waals surface area contributed by atoms with Crippen LogP contribution in [0.3, 0.4) is 0 Å². The topological polar surface area (TPSA) is 48.5 Å². The molecule has 1 aromatic heterocycles. The molecule has 0 radical (unpaired) electrons. The van der Waals surface area contributed by atoms with Crippen LogP contribution in [-0.4, -0.2) is 42.1 Å². The molecule has 1 atom stereocenters. The van der Waals surface area contributed by atoms with Crippen molar-refractivity contribution in [1.82, 2.24) is 15.2 Å². The van der Waals surface area contributed by atoms with Gasteiger partial charge in [0, 0.05) is 32.4 Å². The maximum Gasteiger partial charge on any atom is 0.317 e. The van der Waals surface area contributed by atoms with Crippen molar-refractivity contribution in [3.8, 4) is 0 Å². The number of fused-ring (bicyclic) bond motifs is 1. The van der Waals surface area contributed by atoms with Gasteiger partial charge in [-0.15, -0.1) is 0 Å². The van der Waals surface area contributed by atoms with E-state index in [4.69, 9.17) is 0 Å². The van der Waals surface area contributed by atoms with Crippen molar-refractivity contribution in [2.24, 2.45) is 0 Å². The minimum absolute atomic E-state index is 0.00361. The van der Waals surface area contributed by atoms with E-state index < -0.39 is 0 Å². The molecule has 1 saturated heterocycles. The van der Waals surface area contributed by atoms with Crippen LogP contribution in [0.5, 0.6) is 0 Å². The van der Waals surface area contributed by atoms with E-state index in [1.54, 1.807) is 6.20 Å². The molecule has 1 fully saturated rings. The number of urea groups is 1. The van der Waals surface area contributed by atoms with Gasteiger partial charge in [-0.1, -0.05) is 48.5 Å². The Hall–Kier alpha value is -3.08. The third-order valence-electron chi connectivity index (χ3n) is 5.17. The van der Waals surface area contributed by atoms with Crippen molar-refractivity contribution in [1.29, 1.82) is 0 Å². The van der Waals surface area contributed by atoms with E-state index in [1.807, 2.05) is 48.2 Å². The highest BCUT2D eigenvalue weighted by Crippen LogP contribution is 2.24. The third-order valence-corrected chi connectivity index (χ3v) is 5.17. The molecule has 1 aliphatic rings. The number of nitrogens with zero attached hydrogens (tertiary/aromatic N) is 3. The lowest BCUT2D eigenvalue weighted by Crippen LogP contribution is -2.52.